The molecule has 0 amide bonds. The summed E-state index contributed by atoms with van der Waals surface area (Å²) in [5.74, 6) is 1.45. The number of hydrogen-bond donors (Lipinski definition) is 1. The summed E-state index contributed by atoms with van der Waals surface area (Å²) in [7, 11) is 0. The number of carboxylic acid groups (broad SMARTS) is 1. The minimum absolute atomic E-state index is 0.181. The molecule has 0 saturated carbocycles. The number of carbonyl (C=O) groups is 1. The second kappa shape index (κ2) is 7.92. The Hall–Kier alpha value is -0.260. The summed E-state index contributed by atoms with van der Waals surface area (Å²) in [4.78, 5) is 13.1. The maximum Gasteiger partial charge on any atom is 0.304 e. The Labute approximate surface area is 101 Å². The summed E-state index contributed by atoms with van der Waals surface area (Å²) < 4.78 is 5.29. The van der Waals surface area contributed by atoms with Gasteiger partial charge in [0.2, 0.25) is 0 Å². The van der Waals surface area contributed by atoms with Gasteiger partial charge in [-0.25, -0.2) is 0 Å². The highest BCUT2D eigenvalue weighted by Crippen LogP contribution is 2.14. The number of carboxylic acids is 1. The van der Waals surface area contributed by atoms with E-state index in [0.29, 0.717) is 0 Å². The zero-order valence-corrected chi connectivity index (χ0v) is 10.7. The molecule has 1 N–H and O–H groups in total. The third-order valence-electron chi connectivity index (χ3n) is 2.77. The molecule has 1 aliphatic rings. The number of rotatable bonds is 7. The third kappa shape index (κ3) is 5.18. The highest BCUT2D eigenvalue weighted by Gasteiger charge is 2.22. The summed E-state index contributed by atoms with van der Waals surface area (Å²) in [5.41, 5.74) is 0. The standard InChI is InChI=1S/C11H21NO3S/c1-2-16-8-3-10(9-11(13)14)12-4-6-15-7-5-12/h10H,2-9H2,1H3,(H,13,14). The number of hydrogen-bond acceptors (Lipinski definition) is 4. The van der Waals surface area contributed by atoms with Gasteiger partial charge in [0.15, 0.2) is 0 Å². The van der Waals surface area contributed by atoms with Crippen molar-refractivity contribution in [2.24, 2.45) is 0 Å². The first-order valence-corrected chi connectivity index (χ1v) is 7.00. The van der Waals surface area contributed by atoms with E-state index in [-0.39, 0.29) is 12.5 Å². The molecular weight excluding hydrogens is 226 g/mol. The molecule has 0 bridgehead atoms. The fourth-order valence-corrected chi connectivity index (χ4v) is 2.65. The first kappa shape index (κ1) is 13.8. The molecule has 0 aromatic rings. The van der Waals surface area contributed by atoms with Gasteiger partial charge in [0.05, 0.1) is 19.6 Å². The van der Waals surface area contributed by atoms with Gasteiger partial charge in [-0.3, -0.25) is 9.69 Å². The molecule has 1 heterocycles. The second-order valence-electron chi connectivity index (χ2n) is 3.89. The third-order valence-corrected chi connectivity index (χ3v) is 3.70. The molecule has 5 heteroatoms. The van der Waals surface area contributed by atoms with Crippen molar-refractivity contribution in [3.8, 4) is 0 Å². The first-order valence-electron chi connectivity index (χ1n) is 5.85. The monoisotopic (exact) mass is 247 g/mol. The smallest absolute Gasteiger partial charge is 0.304 e. The highest BCUT2D eigenvalue weighted by atomic mass is 32.2. The molecule has 0 spiro atoms. The highest BCUT2D eigenvalue weighted by molar-refractivity contribution is 7.99. The number of morpholine rings is 1. The van der Waals surface area contributed by atoms with Crippen molar-refractivity contribution >= 4 is 17.7 Å². The van der Waals surface area contributed by atoms with Gasteiger partial charge in [-0.2, -0.15) is 11.8 Å². The number of thioether (sulfide) groups is 1. The molecule has 1 saturated heterocycles. The van der Waals surface area contributed by atoms with Gasteiger partial charge < -0.3 is 9.84 Å². The molecule has 0 aromatic carbocycles. The fraction of sp³-hybridized carbons (Fsp3) is 0.909. The van der Waals surface area contributed by atoms with Gasteiger partial charge >= 0.3 is 5.97 Å². The van der Waals surface area contributed by atoms with Crippen LogP contribution in [0, 0.1) is 0 Å². The SMILES string of the molecule is CCSCCC(CC(=O)O)N1CCOCC1. The Morgan fingerprint density at radius 1 is 1.50 bits per heavy atom. The van der Waals surface area contributed by atoms with E-state index < -0.39 is 5.97 Å². The average Bonchev–Trinajstić information content (AvgIpc) is 2.29. The van der Waals surface area contributed by atoms with Crippen LogP contribution in [0.4, 0.5) is 0 Å². The molecule has 4 nitrogen and oxygen atoms in total. The van der Waals surface area contributed by atoms with Crippen LogP contribution in [0.25, 0.3) is 0 Å². The Balaban J connectivity index is 2.37. The van der Waals surface area contributed by atoms with Gasteiger partial charge in [-0.1, -0.05) is 6.92 Å². The largest absolute Gasteiger partial charge is 0.481 e. The van der Waals surface area contributed by atoms with Crippen molar-refractivity contribution in [3.63, 3.8) is 0 Å². The minimum atomic E-state index is -0.696. The lowest BCUT2D eigenvalue weighted by atomic mass is 10.1. The summed E-state index contributed by atoms with van der Waals surface area (Å²) >= 11 is 1.88. The lowest BCUT2D eigenvalue weighted by Crippen LogP contribution is -2.44. The Morgan fingerprint density at radius 3 is 2.75 bits per heavy atom. The Morgan fingerprint density at radius 2 is 2.19 bits per heavy atom. The average molecular weight is 247 g/mol. The van der Waals surface area contributed by atoms with Gasteiger partial charge in [-0.05, 0) is 17.9 Å². The van der Waals surface area contributed by atoms with Crippen LogP contribution in [0.3, 0.4) is 0 Å². The van der Waals surface area contributed by atoms with Crippen LogP contribution in [0.5, 0.6) is 0 Å². The normalized spacial score (nSPS) is 19.6. The predicted molar refractivity (Wildman–Crippen MR) is 66.0 cm³/mol. The lowest BCUT2D eigenvalue weighted by molar-refractivity contribution is -0.139. The number of ether oxygens (including phenoxy) is 1. The maximum atomic E-state index is 10.8. The molecular formula is C11H21NO3S. The molecule has 1 atom stereocenters. The van der Waals surface area contributed by atoms with E-state index in [0.717, 1.165) is 44.2 Å². The maximum absolute atomic E-state index is 10.8. The Bertz CT molecular complexity index is 207. The molecule has 1 unspecified atom stereocenters. The molecule has 1 fully saturated rings. The van der Waals surface area contributed by atoms with Crippen molar-refractivity contribution in [2.45, 2.75) is 25.8 Å². The van der Waals surface area contributed by atoms with Crippen LogP contribution in [0.1, 0.15) is 19.8 Å². The molecule has 16 heavy (non-hydrogen) atoms. The molecule has 1 aliphatic heterocycles. The van der Waals surface area contributed by atoms with Crippen molar-refractivity contribution in [2.75, 3.05) is 37.8 Å². The van der Waals surface area contributed by atoms with Crippen LogP contribution < -0.4 is 0 Å². The van der Waals surface area contributed by atoms with Gasteiger partial charge in [0.1, 0.15) is 0 Å². The van der Waals surface area contributed by atoms with Gasteiger partial charge in [0, 0.05) is 19.1 Å². The van der Waals surface area contributed by atoms with Crippen molar-refractivity contribution in [3.05, 3.63) is 0 Å². The quantitative estimate of drug-likeness (QED) is 0.687. The van der Waals surface area contributed by atoms with Crippen molar-refractivity contribution in [1.29, 1.82) is 0 Å². The van der Waals surface area contributed by atoms with Crippen molar-refractivity contribution < 1.29 is 14.6 Å². The van der Waals surface area contributed by atoms with Gasteiger partial charge in [0.25, 0.3) is 0 Å². The minimum Gasteiger partial charge on any atom is -0.481 e. The molecule has 94 valence electrons. The lowest BCUT2D eigenvalue weighted by Gasteiger charge is -2.33. The first-order chi connectivity index (χ1) is 7.74. The van der Waals surface area contributed by atoms with Crippen LogP contribution in [-0.2, 0) is 9.53 Å². The van der Waals surface area contributed by atoms with E-state index in [1.54, 1.807) is 0 Å². The number of aliphatic carboxylic acids is 1. The summed E-state index contributed by atoms with van der Waals surface area (Å²) in [5, 5.41) is 8.91. The second-order valence-corrected chi connectivity index (χ2v) is 5.28. The van der Waals surface area contributed by atoms with Crippen LogP contribution in [0.2, 0.25) is 0 Å². The summed E-state index contributed by atoms with van der Waals surface area (Å²) in [6, 6.07) is 0.181. The summed E-state index contributed by atoms with van der Waals surface area (Å²) in [6.07, 6.45) is 1.22. The van der Waals surface area contributed by atoms with E-state index >= 15 is 0 Å². The van der Waals surface area contributed by atoms with E-state index in [1.165, 1.54) is 0 Å². The van der Waals surface area contributed by atoms with Crippen LogP contribution in [0.15, 0.2) is 0 Å². The van der Waals surface area contributed by atoms with E-state index in [2.05, 4.69) is 11.8 Å². The van der Waals surface area contributed by atoms with Crippen LogP contribution in [-0.4, -0.2) is 59.8 Å². The number of nitrogens with zero attached hydrogens (tertiary/aromatic N) is 1. The fourth-order valence-electron chi connectivity index (χ4n) is 1.92. The van der Waals surface area contributed by atoms with E-state index in [9.17, 15) is 4.79 Å². The van der Waals surface area contributed by atoms with E-state index in [1.807, 2.05) is 11.8 Å². The van der Waals surface area contributed by atoms with Gasteiger partial charge in [-0.15, -0.1) is 0 Å². The predicted octanol–water partition coefficient (Wildman–Crippen LogP) is 1.31. The van der Waals surface area contributed by atoms with E-state index in [4.69, 9.17) is 9.84 Å². The topological polar surface area (TPSA) is 49.8 Å². The molecule has 0 aromatic heterocycles. The molecule has 0 aliphatic carbocycles. The Kier molecular flexibility index (Phi) is 6.84. The van der Waals surface area contributed by atoms with Crippen molar-refractivity contribution in [1.82, 2.24) is 4.90 Å². The zero-order chi connectivity index (χ0) is 11.8. The molecule has 0 radical (unpaired) electrons. The summed E-state index contributed by atoms with van der Waals surface area (Å²) in [6.45, 7) is 5.34. The van der Waals surface area contributed by atoms with Crippen LogP contribution >= 0.6 is 11.8 Å². The molecule has 1 rings (SSSR count). The zero-order valence-electron chi connectivity index (χ0n) is 9.85.